The molecule has 0 unspecified atom stereocenters. The fourth-order valence-corrected chi connectivity index (χ4v) is 3.74. The molecule has 120 valence electrons. The Hall–Kier alpha value is -0.500. The van der Waals surface area contributed by atoms with Crippen molar-refractivity contribution in [1.82, 2.24) is 4.31 Å². The van der Waals surface area contributed by atoms with Crippen molar-refractivity contribution >= 4 is 33.2 Å². The topological polar surface area (TPSA) is 37.4 Å². The van der Waals surface area contributed by atoms with Gasteiger partial charge in [0.25, 0.3) is 0 Å². The fraction of sp³-hybridized carbons (Fsp3) is 0.500. The van der Waals surface area contributed by atoms with Gasteiger partial charge < -0.3 is 0 Å². The molecule has 0 aromatic heterocycles. The molecule has 0 aliphatic heterocycles. The van der Waals surface area contributed by atoms with Gasteiger partial charge in [-0.2, -0.15) is 17.5 Å². The number of hydrogen-bond acceptors (Lipinski definition) is 2. The number of nitrogens with zero attached hydrogens (tertiary/aromatic N) is 1. The minimum absolute atomic E-state index is 0.0325. The summed E-state index contributed by atoms with van der Waals surface area (Å²) in [7, 11) is -4.25. The van der Waals surface area contributed by atoms with Gasteiger partial charge >= 0.3 is 6.18 Å². The molecule has 0 spiro atoms. The highest BCUT2D eigenvalue weighted by atomic mass is 35.5. The lowest BCUT2D eigenvalue weighted by Gasteiger charge is -2.23. The van der Waals surface area contributed by atoms with E-state index < -0.39 is 22.7 Å². The van der Waals surface area contributed by atoms with Crippen molar-refractivity contribution in [3.05, 3.63) is 28.8 Å². The molecule has 1 aromatic rings. The minimum Gasteiger partial charge on any atom is -0.207 e. The normalized spacial score (nSPS) is 12.9. The van der Waals surface area contributed by atoms with Crippen molar-refractivity contribution in [2.24, 2.45) is 0 Å². The molecule has 21 heavy (non-hydrogen) atoms. The average molecular weight is 364 g/mol. The Morgan fingerprint density at radius 3 is 2.38 bits per heavy atom. The summed E-state index contributed by atoms with van der Waals surface area (Å²) in [5.41, 5.74) is 0.350. The van der Waals surface area contributed by atoms with E-state index in [9.17, 15) is 21.6 Å². The second kappa shape index (κ2) is 7.17. The molecule has 0 N–H and O–H groups in total. The molecule has 3 nitrogen and oxygen atoms in total. The van der Waals surface area contributed by atoms with Crippen molar-refractivity contribution in [2.75, 3.05) is 13.1 Å². The van der Waals surface area contributed by atoms with E-state index in [0.717, 1.165) is 0 Å². The van der Waals surface area contributed by atoms with Crippen LogP contribution in [0.15, 0.2) is 23.1 Å². The van der Waals surface area contributed by atoms with E-state index in [1.54, 1.807) is 6.92 Å². The summed E-state index contributed by atoms with van der Waals surface area (Å²) in [6.07, 6.45) is -4.34. The van der Waals surface area contributed by atoms with Crippen LogP contribution in [0.4, 0.5) is 13.2 Å². The van der Waals surface area contributed by atoms with Gasteiger partial charge in [-0.05, 0) is 30.2 Å². The first-order valence-corrected chi connectivity index (χ1v) is 8.38. The Balaban J connectivity index is 3.22. The molecular formula is C12H14Cl2F3NO2S. The second-order valence-electron chi connectivity index (χ2n) is 4.34. The largest absolute Gasteiger partial charge is 0.402 e. The SMILES string of the molecule is CCCN(CC(F)(F)F)S(=O)(=O)c1ccc(Cl)c(CCl)c1. The maximum atomic E-state index is 12.5. The van der Waals surface area contributed by atoms with Gasteiger partial charge in [-0.1, -0.05) is 18.5 Å². The predicted molar refractivity (Wildman–Crippen MR) is 76.1 cm³/mol. The van der Waals surface area contributed by atoms with Gasteiger partial charge in [-0.25, -0.2) is 8.42 Å². The second-order valence-corrected chi connectivity index (χ2v) is 6.95. The van der Waals surface area contributed by atoms with Crippen LogP contribution in [0.5, 0.6) is 0 Å². The molecule has 0 fully saturated rings. The van der Waals surface area contributed by atoms with Crippen LogP contribution in [0.3, 0.4) is 0 Å². The van der Waals surface area contributed by atoms with Crippen LogP contribution in [0, 0.1) is 0 Å². The third-order valence-electron chi connectivity index (χ3n) is 2.63. The molecule has 0 radical (unpaired) electrons. The summed E-state index contributed by atoms with van der Waals surface area (Å²) in [6, 6.07) is 3.68. The van der Waals surface area contributed by atoms with Crippen molar-refractivity contribution in [1.29, 1.82) is 0 Å². The van der Waals surface area contributed by atoms with E-state index in [4.69, 9.17) is 23.2 Å². The highest BCUT2D eigenvalue weighted by Gasteiger charge is 2.36. The van der Waals surface area contributed by atoms with Gasteiger partial charge in [0.05, 0.1) is 4.90 Å². The van der Waals surface area contributed by atoms with E-state index in [2.05, 4.69) is 0 Å². The molecule has 9 heteroatoms. The Morgan fingerprint density at radius 2 is 1.90 bits per heavy atom. The van der Waals surface area contributed by atoms with Crippen LogP contribution < -0.4 is 0 Å². The molecule has 0 bridgehead atoms. The summed E-state index contributed by atoms with van der Waals surface area (Å²) in [4.78, 5) is -0.250. The molecule has 0 heterocycles. The molecular weight excluding hydrogens is 350 g/mol. The van der Waals surface area contributed by atoms with Crippen LogP contribution in [0.25, 0.3) is 0 Å². The first kappa shape index (κ1) is 18.5. The zero-order valence-electron chi connectivity index (χ0n) is 11.1. The number of halogens is 5. The predicted octanol–water partition coefficient (Wildman–Crippen LogP) is 4.04. The Morgan fingerprint density at radius 1 is 1.29 bits per heavy atom. The quantitative estimate of drug-likeness (QED) is 0.715. The number of rotatable bonds is 6. The lowest BCUT2D eigenvalue weighted by molar-refractivity contribution is -0.136. The van der Waals surface area contributed by atoms with E-state index in [1.165, 1.54) is 18.2 Å². The number of benzene rings is 1. The molecule has 1 rings (SSSR count). The third-order valence-corrected chi connectivity index (χ3v) is 5.13. The fourth-order valence-electron chi connectivity index (χ4n) is 1.70. The van der Waals surface area contributed by atoms with Crippen molar-refractivity contribution in [3.63, 3.8) is 0 Å². The molecule has 0 aliphatic rings. The molecule has 0 saturated carbocycles. The van der Waals surface area contributed by atoms with Gasteiger partial charge in [0, 0.05) is 17.4 Å². The van der Waals surface area contributed by atoms with Crippen LogP contribution in [0.1, 0.15) is 18.9 Å². The molecule has 1 aromatic carbocycles. The summed E-state index contributed by atoms with van der Waals surface area (Å²) < 4.78 is 62.7. The van der Waals surface area contributed by atoms with Gasteiger partial charge in [-0.3, -0.25) is 0 Å². The zero-order valence-corrected chi connectivity index (χ0v) is 13.5. The molecule has 0 amide bonds. The van der Waals surface area contributed by atoms with Crippen molar-refractivity contribution in [2.45, 2.75) is 30.3 Å². The highest BCUT2D eigenvalue weighted by molar-refractivity contribution is 7.89. The van der Waals surface area contributed by atoms with E-state index in [0.29, 0.717) is 9.87 Å². The molecule has 0 saturated heterocycles. The smallest absolute Gasteiger partial charge is 0.207 e. The van der Waals surface area contributed by atoms with E-state index in [-0.39, 0.29) is 28.8 Å². The van der Waals surface area contributed by atoms with Crippen LogP contribution in [-0.4, -0.2) is 32.0 Å². The first-order valence-electron chi connectivity index (χ1n) is 6.03. The van der Waals surface area contributed by atoms with Crippen molar-refractivity contribution < 1.29 is 21.6 Å². The zero-order chi connectivity index (χ0) is 16.3. The van der Waals surface area contributed by atoms with Crippen LogP contribution in [0.2, 0.25) is 5.02 Å². The van der Waals surface area contributed by atoms with Gasteiger partial charge in [0.15, 0.2) is 0 Å². The monoisotopic (exact) mass is 363 g/mol. The lowest BCUT2D eigenvalue weighted by Crippen LogP contribution is -2.39. The molecule has 0 atom stereocenters. The van der Waals surface area contributed by atoms with Gasteiger partial charge in [0.2, 0.25) is 10.0 Å². The summed E-state index contributed by atoms with van der Waals surface area (Å²) in [5, 5.41) is 0.266. The van der Waals surface area contributed by atoms with Gasteiger partial charge in [-0.15, -0.1) is 11.6 Å². The lowest BCUT2D eigenvalue weighted by atomic mass is 10.2. The summed E-state index contributed by atoms with van der Waals surface area (Å²) >= 11 is 11.4. The number of hydrogen-bond donors (Lipinski definition) is 0. The number of sulfonamides is 1. The number of alkyl halides is 4. The van der Waals surface area contributed by atoms with Gasteiger partial charge in [0.1, 0.15) is 6.54 Å². The maximum Gasteiger partial charge on any atom is 0.402 e. The Bertz CT molecular complexity index is 591. The average Bonchev–Trinajstić information content (AvgIpc) is 2.37. The summed E-state index contributed by atoms with van der Waals surface area (Å²) in [6.45, 7) is -0.145. The van der Waals surface area contributed by atoms with Crippen molar-refractivity contribution in [3.8, 4) is 0 Å². The maximum absolute atomic E-state index is 12.5. The third kappa shape index (κ3) is 5.02. The van der Waals surface area contributed by atoms with Crippen LogP contribution in [-0.2, 0) is 15.9 Å². The van der Waals surface area contributed by atoms with E-state index >= 15 is 0 Å². The Labute approximate surface area is 131 Å². The standard InChI is InChI=1S/C12H14Cl2F3NO2S/c1-2-5-18(8-12(15,16)17)21(19,20)10-3-4-11(14)9(6-10)7-13/h3-4,6H,2,5,7-8H2,1H3. The summed E-state index contributed by atoms with van der Waals surface area (Å²) in [5.74, 6) is -0.0325. The first-order chi connectivity index (χ1) is 9.61. The molecule has 0 aliphatic carbocycles. The van der Waals surface area contributed by atoms with E-state index in [1.807, 2.05) is 0 Å². The minimum atomic E-state index is -4.61. The Kier molecular flexibility index (Phi) is 6.34. The highest BCUT2D eigenvalue weighted by Crippen LogP contribution is 2.26. The van der Waals surface area contributed by atoms with Crippen LogP contribution >= 0.6 is 23.2 Å².